The summed E-state index contributed by atoms with van der Waals surface area (Å²) in [4.78, 5) is 10.7. The zero-order valence-electron chi connectivity index (χ0n) is 15.6. The summed E-state index contributed by atoms with van der Waals surface area (Å²) in [5.74, 6) is 0.0795. The van der Waals surface area contributed by atoms with Gasteiger partial charge in [-0.15, -0.1) is 0 Å². The van der Waals surface area contributed by atoms with Crippen LogP contribution in [0.4, 0.5) is 0 Å². The molecule has 0 amide bonds. The topological polar surface area (TPSA) is 46.5 Å². The highest BCUT2D eigenvalue weighted by atomic mass is 16.5. The first kappa shape index (κ1) is 19.0. The molecule has 0 bridgehead atoms. The van der Waals surface area contributed by atoms with Gasteiger partial charge in [-0.05, 0) is 61.3 Å². The first-order chi connectivity index (χ1) is 13.1. The maximum atomic E-state index is 10.7. The minimum absolute atomic E-state index is 0.286. The monoisotopic (exact) mass is 362 g/mol. The van der Waals surface area contributed by atoms with Crippen LogP contribution in [0.2, 0.25) is 0 Å². The lowest BCUT2D eigenvalue weighted by Gasteiger charge is -2.20. The molecule has 0 radical (unpaired) electrons. The van der Waals surface area contributed by atoms with Crippen molar-refractivity contribution in [2.24, 2.45) is 0 Å². The second-order valence-corrected chi connectivity index (χ2v) is 6.93. The quantitative estimate of drug-likeness (QED) is 0.456. The molecule has 0 aromatic heterocycles. The van der Waals surface area contributed by atoms with Gasteiger partial charge >= 0.3 is 5.97 Å². The second kappa shape index (κ2) is 9.22. The molecule has 1 aliphatic rings. The van der Waals surface area contributed by atoms with Gasteiger partial charge in [-0.3, -0.25) is 0 Å². The van der Waals surface area contributed by atoms with Crippen LogP contribution in [-0.4, -0.2) is 17.7 Å². The van der Waals surface area contributed by atoms with E-state index in [1.165, 1.54) is 22.3 Å². The molecular formula is C24H26O3. The molecule has 0 saturated heterocycles. The van der Waals surface area contributed by atoms with Gasteiger partial charge in [-0.25, -0.2) is 4.79 Å². The van der Waals surface area contributed by atoms with E-state index in [0.29, 0.717) is 13.0 Å². The van der Waals surface area contributed by atoms with Crippen molar-refractivity contribution in [2.75, 3.05) is 6.61 Å². The summed E-state index contributed by atoms with van der Waals surface area (Å²) in [6.07, 6.45) is 7.53. The van der Waals surface area contributed by atoms with Crippen LogP contribution in [0.15, 0.2) is 60.7 Å². The number of fused-ring (bicyclic) bond motifs is 1. The molecule has 3 rings (SSSR count). The highest BCUT2D eigenvalue weighted by Crippen LogP contribution is 2.35. The van der Waals surface area contributed by atoms with Gasteiger partial charge in [-0.1, -0.05) is 55.1 Å². The van der Waals surface area contributed by atoms with Crippen molar-refractivity contribution >= 4 is 17.6 Å². The normalized spacial score (nSPS) is 12.8. The molecule has 1 aliphatic carbocycles. The summed E-state index contributed by atoms with van der Waals surface area (Å²) in [5.41, 5.74) is 5.48. The maximum absolute atomic E-state index is 10.7. The van der Waals surface area contributed by atoms with Crippen LogP contribution < -0.4 is 4.74 Å². The molecule has 140 valence electrons. The fraction of sp³-hybridized carbons (Fsp3) is 0.292. The van der Waals surface area contributed by atoms with Gasteiger partial charge in [-0.2, -0.15) is 0 Å². The van der Waals surface area contributed by atoms with E-state index in [0.717, 1.165) is 37.9 Å². The van der Waals surface area contributed by atoms with Crippen molar-refractivity contribution in [2.45, 2.75) is 38.5 Å². The van der Waals surface area contributed by atoms with Gasteiger partial charge in [0.1, 0.15) is 5.75 Å². The highest BCUT2D eigenvalue weighted by Gasteiger charge is 2.15. The van der Waals surface area contributed by atoms with Crippen LogP contribution in [0.3, 0.4) is 0 Å². The molecule has 27 heavy (non-hydrogen) atoms. The molecule has 0 spiro atoms. The molecule has 0 aliphatic heterocycles. The Morgan fingerprint density at radius 1 is 1.00 bits per heavy atom. The van der Waals surface area contributed by atoms with Crippen molar-refractivity contribution < 1.29 is 14.6 Å². The maximum Gasteiger partial charge on any atom is 0.330 e. The summed E-state index contributed by atoms with van der Waals surface area (Å²) in [6.45, 7) is 4.22. The van der Waals surface area contributed by atoms with Gasteiger partial charge in [0.15, 0.2) is 0 Å². The summed E-state index contributed by atoms with van der Waals surface area (Å²) >= 11 is 0. The molecule has 0 fully saturated rings. The number of aliphatic carboxylic acids is 1. The van der Waals surface area contributed by atoms with Crippen molar-refractivity contribution in [3.8, 4) is 5.75 Å². The predicted octanol–water partition coefficient (Wildman–Crippen LogP) is 5.75. The molecule has 2 aromatic carbocycles. The van der Waals surface area contributed by atoms with Crippen molar-refractivity contribution in [1.82, 2.24) is 0 Å². The minimum Gasteiger partial charge on any atom is -0.493 e. The van der Waals surface area contributed by atoms with Gasteiger partial charge in [0.05, 0.1) is 6.61 Å². The van der Waals surface area contributed by atoms with E-state index in [1.807, 2.05) is 12.1 Å². The number of hydrogen-bond acceptors (Lipinski definition) is 2. The fourth-order valence-corrected chi connectivity index (χ4v) is 3.43. The van der Waals surface area contributed by atoms with E-state index in [2.05, 4.69) is 49.1 Å². The van der Waals surface area contributed by atoms with Crippen molar-refractivity contribution in [1.29, 1.82) is 0 Å². The Bertz CT molecular complexity index is 834. The number of unbranched alkanes of at least 4 members (excludes halogenated alkanes) is 2. The molecule has 2 aromatic rings. The number of allylic oxidation sites excluding steroid dienone is 1. The van der Waals surface area contributed by atoms with Crippen LogP contribution in [0.1, 0.15) is 48.8 Å². The Balaban J connectivity index is 1.54. The first-order valence-electron chi connectivity index (χ1n) is 9.57. The Morgan fingerprint density at radius 2 is 1.81 bits per heavy atom. The van der Waals surface area contributed by atoms with E-state index in [9.17, 15) is 4.79 Å². The lowest BCUT2D eigenvalue weighted by atomic mass is 9.88. The lowest BCUT2D eigenvalue weighted by Crippen LogP contribution is -2.05. The second-order valence-electron chi connectivity index (χ2n) is 6.93. The van der Waals surface area contributed by atoms with E-state index in [4.69, 9.17) is 9.84 Å². The molecule has 0 saturated carbocycles. The molecular weight excluding hydrogens is 336 g/mol. The Morgan fingerprint density at radius 3 is 2.59 bits per heavy atom. The molecule has 3 heteroatoms. The first-order valence-corrected chi connectivity index (χ1v) is 9.57. The number of carboxylic acid groups (broad SMARTS) is 1. The number of rotatable bonds is 9. The number of ether oxygens (including phenoxy) is 1. The van der Waals surface area contributed by atoms with Gasteiger partial charge < -0.3 is 9.84 Å². The average molecular weight is 362 g/mol. The van der Waals surface area contributed by atoms with E-state index in [1.54, 1.807) is 0 Å². The zero-order chi connectivity index (χ0) is 19.1. The number of hydrogen-bond donors (Lipinski definition) is 1. The smallest absolute Gasteiger partial charge is 0.330 e. The average Bonchev–Trinajstić information content (AvgIpc) is 2.70. The summed E-state index contributed by atoms with van der Waals surface area (Å²) < 4.78 is 6.03. The summed E-state index contributed by atoms with van der Waals surface area (Å²) in [5, 5.41) is 8.81. The van der Waals surface area contributed by atoms with Crippen LogP contribution >= 0.6 is 0 Å². The third kappa shape index (κ3) is 5.10. The Hall–Kier alpha value is -2.81. The third-order valence-electron chi connectivity index (χ3n) is 4.97. The number of carbonyl (C=O) groups is 1. The van der Waals surface area contributed by atoms with Gasteiger partial charge in [0, 0.05) is 11.1 Å². The summed E-state index contributed by atoms with van der Waals surface area (Å²) in [7, 11) is 0. The van der Waals surface area contributed by atoms with E-state index < -0.39 is 5.97 Å². The van der Waals surface area contributed by atoms with Crippen LogP contribution in [-0.2, 0) is 11.2 Å². The summed E-state index contributed by atoms with van der Waals surface area (Å²) in [6, 6.07) is 16.8. The van der Waals surface area contributed by atoms with E-state index >= 15 is 0 Å². The van der Waals surface area contributed by atoms with Crippen LogP contribution in [0.5, 0.6) is 5.75 Å². The third-order valence-corrected chi connectivity index (χ3v) is 4.97. The minimum atomic E-state index is -0.898. The SMILES string of the molecule is C=C(CCCCCOc1cccc2c1CCC(c1ccccc1)=C2)C(=O)O. The molecule has 3 nitrogen and oxygen atoms in total. The largest absolute Gasteiger partial charge is 0.493 e. The highest BCUT2D eigenvalue weighted by molar-refractivity contribution is 5.86. The van der Waals surface area contributed by atoms with Crippen molar-refractivity contribution in [3.63, 3.8) is 0 Å². The van der Waals surface area contributed by atoms with E-state index in [-0.39, 0.29) is 5.57 Å². The Labute approximate surface area is 161 Å². The fourth-order valence-electron chi connectivity index (χ4n) is 3.43. The van der Waals surface area contributed by atoms with Gasteiger partial charge in [0.2, 0.25) is 0 Å². The zero-order valence-corrected chi connectivity index (χ0v) is 15.6. The van der Waals surface area contributed by atoms with Gasteiger partial charge in [0.25, 0.3) is 0 Å². The molecule has 0 atom stereocenters. The van der Waals surface area contributed by atoms with Crippen LogP contribution in [0, 0.1) is 0 Å². The lowest BCUT2D eigenvalue weighted by molar-refractivity contribution is -0.132. The standard InChI is InChI=1S/C24H26O3/c1-18(24(25)26)9-4-3-7-16-27-23-13-8-12-21-17-20(14-15-22(21)23)19-10-5-2-6-11-19/h2,5-6,8,10-13,17H,1,3-4,7,9,14-16H2,(H,25,26). The molecule has 0 heterocycles. The van der Waals surface area contributed by atoms with Crippen LogP contribution in [0.25, 0.3) is 11.6 Å². The molecule has 1 N–H and O–H groups in total. The van der Waals surface area contributed by atoms with Crippen molar-refractivity contribution in [3.05, 3.63) is 77.4 Å². The number of carboxylic acids is 1. The number of benzene rings is 2. The molecule has 0 unspecified atom stereocenters. The Kier molecular flexibility index (Phi) is 6.48. The predicted molar refractivity (Wildman–Crippen MR) is 110 cm³/mol.